The topological polar surface area (TPSA) is 43.1 Å². The van der Waals surface area contributed by atoms with Crippen LogP contribution < -0.4 is 5.73 Å². The van der Waals surface area contributed by atoms with Gasteiger partial charge in [-0.1, -0.05) is 20.3 Å². The number of nitrogens with two attached hydrogens (primary N) is 1. The van der Waals surface area contributed by atoms with Crippen LogP contribution in [0.1, 0.15) is 33.1 Å². The molecule has 0 bridgehead atoms. The average Bonchev–Trinajstić information content (AvgIpc) is 2.32. The summed E-state index contributed by atoms with van der Waals surface area (Å²) >= 11 is 0. The second-order valence-electron chi connectivity index (χ2n) is 3.85. The summed E-state index contributed by atoms with van der Waals surface area (Å²) in [6, 6.07) is 0. The highest BCUT2D eigenvalue weighted by Gasteiger charge is 2.32. The number of hydrogen-bond acceptors (Lipinski definition) is 1. The van der Waals surface area contributed by atoms with Crippen molar-refractivity contribution in [3.63, 3.8) is 0 Å². The van der Waals surface area contributed by atoms with E-state index in [1.54, 1.807) is 0 Å². The molecule has 0 radical (unpaired) electrons. The highest BCUT2D eigenvalue weighted by atomic mass is 16.1. The summed E-state index contributed by atoms with van der Waals surface area (Å²) in [7, 11) is 0. The Hall–Kier alpha value is -0.530. The molecule has 0 saturated heterocycles. The average molecular weight is 155 g/mol. The molecule has 2 nitrogen and oxygen atoms in total. The van der Waals surface area contributed by atoms with Gasteiger partial charge in [-0.25, -0.2) is 0 Å². The molecule has 11 heavy (non-hydrogen) atoms. The van der Waals surface area contributed by atoms with Crippen LogP contribution in [0.25, 0.3) is 0 Å². The Balaban J connectivity index is 2.58. The zero-order valence-corrected chi connectivity index (χ0v) is 7.34. The fourth-order valence-corrected chi connectivity index (χ4v) is 2.14. The lowest BCUT2D eigenvalue weighted by Crippen LogP contribution is -2.28. The van der Waals surface area contributed by atoms with Crippen LogP contribution >= 0.6 is 0 Å². The number of amides is 1. The molecule has 1 rings (SSSR count). The Kier molecular flexibility index (Phi) is 2.53. The molecule has 1 saturated carbocycles. The molecule has 2 heteroatoms. The third kappa shape index (κ3) is 1.73. The number of hydrogen-bond donors (Lipinski definition) is 1. The predicted octanol–water partition coefficient (Wildman–Crippen LogP) is 1.54. The van der Waals surface area contributed by atoms with Crippen molar-refractivity contribution in [2.24, 2.45) is 23.5 Å². The molecule has 0 aromatic heterocycles. The Morgan fingerprint density at radius 2 is 2.09 bits per heavy atom. The van der Waals surface area contributed by atoms with Crippen LogP contribution in [0.5, 0.6) is 0 Å². The van der Waals surface area contributed by atoms with Gasteiger partial charge in [-0.05, 0) is 24.7 Å². The van der Waals surface area contributed by atoms with Gasteiger partial charge < -0.3 is 5.73 Å². The minimum absolute atomic E-state index is 0.0961. The first kappa shape index (κ1) is 8.57. The zero-order valence-electron chi connectivity index (χ0n) is 7.34. The van der Waals surface area contributed by atoms with Gasteiger partial charge in [-0.2, -0.15) is 0 Å². The highest BCUT2D eigenvalue weighted by molar-refractivity contribution is 5.77. The van der Waals surface area contributed by atoms with Gasteiger partial charge in [0.2, 0.25) is 5.91 Å². The van der Waals surface area contributed by atoms with Crippen LogP contribution in [-0.4, -0.2) is 5.91 Å². The maximum Gasteiger partial charge on any atom is 0.220 e. The first-order chi connectivity index (χ1) is 5.13. The lowest BCUT2D eigenvalue weighted by molar-refractivity contribution is -0.123. The maximum absolute atomic E-state index is 10.9. The maximum atomic E-state index is 10.9. The van der Waals surface area contributed by atoms with Gasteiger partial charge in [-0.15, -0.1) is 0 Å². The lowest BCUT2D eigenvalue weighted by Gasteiger charge is -2.19. The van der Waals surface area contributed by atoms with Gasteiger partial charge in [0.05, 0.1) is 0 Å². The monoisotopic (exact) mass is 155 g/mol. The van der Waals surface area contributed by atoms with E-state index in [1.807, 2.05) is 0 Å². The highest BCUT2D eigenvalue weighted by Crippen LogP contribution is 2.36. The quantitative estimate of drug-likeness (QED) is 0.646. The van der Waals surface area contributed by atoms with E-state index in [9.17, 15) is 4.79 Å². The summed E-state index contributed by atoms with van der Waals surface area (Å²) in [5.41, 5.74) is 5.29. The van der Waals surface area contributed by atoms with Crippen LogP contribution in [0.4, 0.5) is 0 Å². The van der Waals surface area contributed by atoms with Crippen LogP contribution in [-0.2, 0) is 4.79 Å². The molecule has 1 aliphatic rings. The number of carbonyl (C=O) groups excluding carboxylic acids is 1. The Bertz CT molecular complexity index is 154. The van der Waals surface area contributed by atoms with E-state index in [1.165, 1.54) is 12.8 Å². The van der Waals surface area contributed by atoms with Crippen LogP contribution in [0, 0.1) is 17.8 Å². The Morgan fingerprint density at radius 1 is 1.45 bits per heavy atom. The summed E-state index contributed by atoms with van der Waals surface area (Å²) in [5.74, 6) is 1.22. The van der Waals surface area contributed by atoms with E-state index in [-0.39, 0.29) is 11.8 Å². The van der Waals surface area contributed by atoms with Crippen molar-refractivity contribution in [2.45, 2.75) is 33.1 Å². The molecule has 0 aromatic rings. The Labute approximate surface area is 68.2 Å². The summed E-state index contributed by atoms with van der Waals surface area (Å²) in [6.07, 6.45) is 3.37. The minimum atomic E-state index is -0.0961. The lowest BCUT2D eigenvalue weighted by atomic mass is 9.86. The van der Waals surface area contributed by atoms with Crippen molar-refractivity contribution in [1.29, 1.82) is 0 Å². The zero-order chi connectivity index (χ0) is 8.43. The van der Waals surface area contributed by atoms with Crippen molar-refractivity contribution in [3.05, 3.63) is 0 Å². The first-order valence-electron chi connectivity index (χ1n) is 4.42. The molecule has 1 aliphatic carbocycles. The van der Waals surface area contributed by atoms with Gasteiger partial charge >= 0.3 is 0 Å². The number of carbonyl (C=O) groups is 1. The molecule has 1 fully saturated rings. The second kappa shape index (κ2) is 3.24. The van der Waals surface area contributed by atoms with Crippen molar-refractivity contribution >= 4 is 5.91 Å². The summed E-state index contributed by atoms with van der Waals surface area (Å²) < 4.78 is 0. The molecule has 1 unspecified atom stereocenters. The molecular formula is C9H17NO. The van der Waals surface area contributed by atoms with Crippen molar-refractivity contribution < 1.29 is 4.79 Å². The predicted molar refractivity (Wildman–Crippen MR) is 44.9 cm³/mol. The molecular weight excluding hydrogens is 138 g/mol. The van der Waals surface area contributed by atoms with Crippen molar-refractivity contribution in [3.8, 4) is 0 Å². The second-order valence-corrected chi connectivity index (χ2v) is 3.85. The summed E-state index contributed by atoms with van der Waals surface area (Å²) in [5, 5.41) is 0. The fraction of sp³-hybridized carbons (Fsp3) is 0.889. The van der Waals surface area contributed by atoms with Gasteiger partial charge in [0, 0.05) is 5.92 Å². The van der Waals surface area contributed by atoms with E-state index < -0.39 is 0 Å². The van der Waals surface area contributed by atoms with E-state index >= 15 is 0 Å². The fourth-order valence-electron chi connectivity index (χ4n) is 2.14. The third-order valence-electron chi connectivity index (χ3n) is 2.79. The normalized spacial score (nSPS) is 31.2. The van der Waals surface area contributed by atoms with Crippen LogP contribution in [0.15, 0.2) is 0 Å². The molecule has 2 atom stereocenters. The Morgan fingerprint density at radius 3 is 2.45 bits per heavy atom. The molecule has 2 N–H and O–H groups in total. The van der Waals surface area contributed by atoms with Gasteiger partial charge in [0.15, 0.2) is 0 Å². The van der Waals surface area contributed by atoms with Gasteiger partial charge in [0.1, 0.15) is 0 Å². The summed E-state index contributed by atoms with van der Waals surface area (Å²) in [4.78, 5) is 10.9. The number of primary amides is 1. The van der Waals surface area contributed by atoms with Crippen molar-refractivity contribution in [1.82, 2.24) is 0 Å². The SMILES string of the molecule is CC(C)C1CCC[C@@H]1C(N)=O. The van der Waals surface area contributed by atoms with Gasteiger partial charge in [-0.3, -0.25) is 4.79 Å². The van der Waals surface area contributed by atoms with Crippen molar-refractivity contribution in [2.75, 3.05) is 0 Å². The van der Waals surface area contributed by atoms with Crippen LogP contribution in [0.2, 0.25) is 0 Å². The first-order valence-corrected chi connectivity index (χ1v) is 4.42. The van der Waals surface area contributed by atoms with E-state index in [0.29, 0.717) is 11.8 Å². The van der Waals surface area contributed by atoms with E-state index in [4.69, 9.17) is 5.73 Å². The molecule has 0 aromatic carbocycles. The van der Waals surface area contributed by atoms with E-state index in [2.05, 4.69) is 13.8 Å². The van der Waals surface area contributed by atoms with E-state index in [0.717, 1.165) is 6.42 Å². The van der Waals surface area contributed by atoms with Crippen LogP contribution in [0.3, 0.4) is 0 Å². The van der Waals surface area contributed by atoms with Gasteiger partial charge in [0.25, 0.3) is 0 Å². The largest absolute Gasteiger partial charge is 0.369 e. The number of rotatable bonds is 2. The molecule has 0 aliphatic heterocycles. The third-order valence-corrected chi connectivity index (χ3v) is 2.79. The molecule has 0 heterocycles. The molecule has 1 amide bonds. The summed E-state index contributed by atoms with van der Waals surface area (Å²) in [6.45, 7) is 4.35. The minimum Gasteiger partial charge on any atom is -0.369 e. The standard InChI is InChI=1S/C9H17NO/c1-6(2)7-4-3-5-8(7)9(10)11/h6-8H,3-5H2,1-2H3,(H2,10,11)/t7?,8-/m0/s1. The molecule has 64 valence electrons. The molecule has 0 spiro atoms. The smallest absolute Gasteiger partial charge is 0.220 e.